The lowest BCUT2D eigenvalue weighted by Crippen LogP contribution is -2.28. The minimum absolute atomic E-state index is 0.120. The Balaban J connectivity index is 0.000000921. The standard InChI is InChI=1S/C9H12N2O2.C2H6/c1-7(13)11-9(6-12)8-3-2-4-10-5-8;1-2/h2-5,9,12H,6H2,1H3,(H,11,13);1-2H3. The number of amides is 1. The van der Waals surface area contributed by atoms with Gasteiger partial charge in [0.25, 0.3) is 0 Å². The van der Waals surface area contributed by atoms with Gasteiger partial charge < -0.3 is 10.4 Å². The molecule has 0 aliphatic heterocycles. The number of carbonyl (C=O) groups is 1. The van der Waals surface area contributed by atoms with Crippen LogP contribution in [0.4, 0.5) is 0 Å². The highest BCUT2D eigenvalue weighted by atomic mass is 16.3. The second-order valence-electron chi connectivity index (χ2n) is 2.72. The molecule has 0 aromatic carbocycles. The van der Waals surface area contributed by atoms with Crippen LogP contribution in [-0.4, -0.2) is 22.6 Å². The lowest BCUT2D eigenvalue weighted by atomic mass is 10.1. The van der Waals surface area contributed by atoms with Crippen molar-refractivity contribution in [2.24, 2.45) is 0 Å². The summed E-state index contributed by atoms with van der Waals surface area (Å²) in [5.74, 6) is -0.164. The summed E-state index contributed by atoms with van der Waals surface area (Å²) in [6.07, 6.45) is 3.27. The third-order valence-electron chi connectivity index (χ3n) is 1.65. The van der Waals surface area contributed by atoms with E-state index in [1.54, 1.807) is 18.5 Å². The maximum absolute atomic E-state index is 10.7. The average Bonchev–Trinajstić information content (AvgIpc) is 2.29. The summed E-state index contributed by atoms with van der Waals surface area (Å²) in [6.45, 7) is 5.30. The van der Waals surface area contributed by atoms with Gasteiger partial charge in [0, 0.05) is 19.3 Å². The van der Waals surface area contributed by atoms with Crippen LogP contribution in [-0.2, 0) is 4.79 Å². The molecule has 0 aliphatic carbocycles. The minimum atomic E-state index is -0.355. The third-order valence-corrected chi connectivity index (χ3v) is 1.65. The zero-order valence-corrected chi connectivity index (χ0v) is 9.40. The predicted octanol–water partition coefficient (Wildman–Crippen LogP) is 1.28. The molecule has 1 aromatic heterocycles. The summed E-state index contributed by atoms with van der Waals surface area (Å²) >= 11 is 0. The van der Waals surface area contributed by atoms with Crippen molar-refractivity contribution < 1.29 is 9.90 Å². The first-order valence-corrected chi connectivity index (χ1v) is 5.02. The van der Waals surface area contributed by atoms with Crippen molar-refractivity contribution in [3.8, 4) is 0 Å². The number of carbonyl (C=O) groups excluding carboxylic acids is 1. The Morgan fingerprint density at radius 3 is 2.67 bits per heavy atom. The van der Waals surface area contributed by atoms with Crippen LogP contribution in [0.25, 0.3) is 0 Å². The molecule has 1 rings (SSSR count). The van der Waals surface area contributed by atoms with Crippen molar-refractivity contribution in [3.63, 3.8) is 0 Å². The van der Waals surface area contributed by atoms with Crippen molar-refractivity contribution in [1.29, 1.82) is 0 Å². The monoisotopic (exact) mass is 210 g/mol. The van der Waals surface area contributed by atoms with E-state index in [9.17, 15) is 4.79 Å². The molecule has 0 radical (unpaired) electrons. The molecule has 15 heavy (non-hydrogen) atoms. The van der Waals surface area contributed by atoms with E-state index in [1.807, 2.05) is 19.9 Å². The SMILES string of the molecule is CC.CC(=O)NC(CO)c1cccnc1. The first-order valence-electron chi connectivity index (χ1n) is 5.02. The molecule has 0 spiro atoms. The van der Waals surface area contributed by atoms with Crippen LogP contribution < -0.4 is 5.32 Å². The summed E-state index contributed by atoms with van der Waals surface area (Å²) in [7, 11) is 0. The second-order valence-corrected chi connectivity index (χ2v) is 2.72. The molecule has 1 aromatic rings. The van der Waals surface area contributed by atoms with Crippen LogP contribution in [0.2, 0.25) is 0 Å². The molecule has 4 nitrogen and oxygen atoms in total. The number of rotatable bonds is 3. The molecular weight excluding hydrogens is 192 g/mol. The number of aromatic nitrogens is 1. The summed E-state index contributed by atoms with van der Waals surface area (Å²) in [4.78, 5) is 14.6. The van der Waals surface area contributed by atoms with Gasteiger partial charge in [-0.25, -0.2) is 0 Å². The Kier molecular flexibility index (Phi) is 7.18. The zero-order valence-electron chi connectivity index (χ0n) is 9.40. The molecule has 1 heterocycles. The van der Waals surface area contributed by atoms with E-state index in [-0.39, 0.29) is 18.6 Å². The third kappa shape index (κ3) is 5.12. The summed E-state index contributed by atoms with van der Waals surface area (Å²) in [6, 6.07) is 3.22. The predicted molar refractivity (Wildman–Crippen MR) is 59.2 cm³/mol. The van der Waals surface area contributed by atoms with Crippen molar-refractivity contribution in [2.45, 2.75) is 26.8 Å². The van der Waals surface area contributed by atoms with E-state index in [0.717, 1.165) is 5.56 Å². The molecule has 0 fully saturated rings. The van der Waals surface area contributed by atoms with Crippen LogP contribution in [0.3, 0.4) is 0 Å². The highest BCUT2D eigenvalue weighted by Crippen LogP contribution is 2.09. The largest absolute Gasteiger partial charge is 0.394 e. The summed E-state index contributed by atoms with van der Waals surface area (Å²) in [5, 5.41) is 11.6. The first kappa shape index (κ1) is 13.6. The number of aliphatic hydroxyl groups is 1. The Labute approximate surface area is 90.4 Å². The number of aliphatic hydroxyl groups excluding tert-OH is 1. The van der Waals surface area contributed by atoms with Crippen LogP contribution in [0.15, 0.2) is 24.5 Å². The number of nitrogens with zero attached hydrogens (tertiary/aromatic N) is 1. The van der Waals surface area contributed by atoms with Gasteiger partial charge in [-0.3, -0.25) is 9.78 Å². The molecule has 4 heteroatoms. The second kappa shape index (κ2) is 7.94. The van der Waals surface area contributed by atoms with Gasteiger partial charge in [0.15, 0.2) is 0 Å². The van der Waals surface area contributed by atoms with Crippen LogP contribution in [0.1, 0.15) is 32.4 Å². The summed E-state index contributed by atoms with van der Waals surface area (Å²) < 4.78 is 0. The van der Waals surface area contributed by atoms with Crippen molar-refractivity contribution in [2.75, 3.05) is 6.61 Å². The van der Waals surface area contributed by atoms with Gasteiger partial charge in [-0.15, -0.1) is 0 Å². The topological polar surface area (TPSA) is 62.2 Å². The van der Waals surface area contributed by atoms with E-state index in [4.69, 9.17) is 5.11 Å². The van der Waals surface area contributed by atoms with Gasteiger partial charge >= 0.3 is 0 Å². The van der Waals surface area contributed by atoms with Gasteiger partial charge in [0.1, 0.15) is 0 Å². The first-order chi connectivity index (χ1) is 7.24. The molecule has 0 saturated carbocycles. The molecule has 1 atom stereocenters. The molecule has 0 saturated heterocycles. The highest BCUT2D eigenvalue weighted by molar-refractivity contribution is 5.73. The van der Waals surface area contributed by atoms with Gasteiger partial charge in [0.05, 0.1) is 12.6 Å². The normalized spacial score (nSPS) is 10.9. The number of hydrogen-bond donors (Lipinski definition) is 2. The Bertz CT molecular complexity index is 275. The maximum Gasteiger partial charge on any atom is 0.217 e. The van der Waals surface area contributed by atoms with E-state index in [1.165, 1.54) is 6.92 Å². The highest BCUT2D eigenvalue weighted by Gasteiger charge is 2.10. The molecule has 2 N–H and O–H groups in total. The molecule has 1 amide bonds. The van der Waals surface area contributed by atoms with Crippen molar-refractivity contribution in [3.05, 3.63) is 30.1 Å². The molecule has 84 valence electrons. The van der Waals surface area contributed by atoms with Crippen LogP contribution in [0.5, 0.6) is 0 Å². The molecular formula is C11H18N2O2. The lowest BCUT2D eigenvalue weighted by Gasteiger charge is -2.14. The van der Waals surface area contributed by atoms with Gasteiger partial charge in [0.2, 0.25) is 5.91 Å². The van der Waals surface area contributed by atoms with E-state index < -0.39 is 0 Å². The fraction of sp³-hybridized carbons (Fsp3) is 0.455. The Morgan fingerprint density at radius 2 is 2.27 bits per heavy atom. The smallest absolute Gasteiger partial charge is 0.217 e. The van der Waals surface area contributed by atoms with Crippen LogP contribution in [0, 0.1) is 0 Å². The zero-order chi connectivity index (χ0) is 11.7. The molecule has 0 bridgehead atoms. The maximum atomic E-state index is 10.7. The van der Waals surface area contributed by atoms with E-state index in [0.29, 0.717) is 0 Å². The number of nitrogens with one attached hydrogen (secondary N) is 1. The molecule has 0 aliphatic rings. The fourth-order valence-electron chi connectivity index (χ4n) is 1.06. The van der Waals surface area contributed by atoms with E-state index in [2.05, 4.69) is 10.3 Å². The van der Waals surface area contributed by atoms with Crippen molar-refractivity contribution >= 4 is 5.91 Å². The van der Waals surface area contributed by atoms with Gasteiger partial charge in [-0.05, 0) is 11.6 Å². The summed E-state index contributed by atoms with van der Waals surface area (Å²) in [5.41, 5.74) is 0.806. The lowest BCUT2D eigenvalue weighted by molar-refractivity contribution is -0.120. The van der Waals surface area contributed by atoms with Crippen LogP contribution >= 0.6 is 0 Å². The van der Waals surface area contributed by atoms with Gasteiger partial charge in [-0.1, -0.05) is 19.9 Å². The average molecular weight is 210 g/mol. The number of hydrogen-bond acceptors (Lipinski definition) is 3. The Hall–Kier alpha value is -1.42. The number of pyridine rings is 1. The molecule has 1 unspecified atom stereocenters. The minimum Gasteiger partial charge on any atom is -0.394 e. The van der Waals surface area contributed by atoms with Gasteiger partial charge in [-0.2, -0.15) is 0 Å². The quantitative estimate of drug-likeness (QED) is 0.790. The fourth-order valence-corrected chi connectivity index (χ4v) is 1.06. The van der Waals surface area contributed by atoms with E-state index >= 15 is 0 Å². The Morgan fingerprint density at radius 1 is 1.60 bits per heavy atom. The van der Waals surface area contributed by atoms with Crippen molar-refractivity contribution in [1.82, 2.24) is 10.3 Å².